The average Bonchev–Trinajstić information content (AvgIpc) is 3.13. The lowest BCUT2D eigenvalue weighted by atomic mass is 10.0. The maximum atomic E-state index is 12.9. The molecule has 0 fully saturated rings. The van der Waals surface area contributed by atoms with Gasteiger partial charge in [-0.1, -0.05) is 6.07 Å². The zero-order valence-corrected chi connectivity index (χ0v) is 25.2. The molecule has 0 N–H and O–H groups in total. The van der Waals surface area contributed by atoms with Gasteiger partial charge in [0.15, 0.2) is 5.78 Å². The Morgan fingerprint density at radius 1 is 0.780 bits per heavy atom. The van der Waals surface area contributed by atoms with Crippen LogP contribution in [0.25, 0.3) is 22.0 Å². The van der Waals surface area contributed by atoms with Crippen molar-refractivity contribution >= 4 is 40.8 Å². The van der Waals surface area contributed by atoms with Crippen LogP contribution in [-0.4, -0.2) is 60.5 Å². The number of hydrogen-bond donors (Lipinski definition) is 0. The molecule has 0 aliphatic carbocycles. The summed E-state index contributed by atoms with van der Waals surface area (Å²) in [5.74, 6) is -0.982. The number of carbonyl (C=O) groups is 4. The summed E-state index contributed by atoms with van der Waals surface area (Å²) in [6, 6.07) is 5.23. The van der Waals surface area contributed by atoms with E-state index in [1.165, 1.54) is 24.0 Å². The van der Waals surface area contributed by atoms with E-state index < -0.39 is 35.0 Å². The van der Waals surface area contributed by atoms with Crippen molar-refractivity contribution in [3.05, 3.63) is 36.3 Å². The third kappa shape index (κ3) is 8.32. The summed E-state index contributed by atoms with van der Waals surface area (Å²) in [6.07, 6.45) is 0.905. The van der Waals surface area contributed by atoms with Crippen LogP contribution in [0.4, 0.5) is 15.5 Å². The largest absolute Gasteiger partial charge is 0.459 e. The van der Waals surface area contributed by atoms with Crippen molar-refractivity contribution in [2.24, 2.45) is 0 Å². The SMILES string of the molecule is CC(=O)c1nn(CC(=O)OC(C)(C)C)c2ccc(-c3cnc(N(C(=O)OC(C)(C)C)C(=O)OC(C)(C)C)nc3)cc12. The number of amides is 2. The smallest absolute Gasteiger partial charge is 0.427 e. The number of anilines is 1. The third-order valence-corrected chi connectivity index (χ3v) is 5.11. The van der Waals surface area contributed by atoms with E-state index in [-0.39, 0.29) is 24.0 Å². The third-order valence-electron chi connectivity index (χ3n) is 5.11. The molecule has 12 heteroatoms. The molecule has 41 heavy (non-hydrogen) atoms. The number of esters is 1. The number of Topliss-reactive ketones (excluding diaryl/α,β-unsaturated/α-hetero) is 1. The van der Waals surface area contributed by atoms with Crippen LogP contribution in [0, 0.1) is 0 Å². The van der Waals surface area contributed by atoms with Gasteiger partial charge in [0, 0.05) is 30.3 Å². The number of hydrogen-bond acceptors (Lipinski definition) is 10. The number of rotatable bonds is 5. The van der Waals surface area contributed by atoms with Crippen LogP contribution in [0.5, 0.6) is 0 Å². The van der Waals surface area contributed by atoms with Gasteiger partial charge < -0.3 is 14.2 Å². The summed E-state index contributed by atoms with van der Waals surface area (Å²) in [5, 5.41) is 4.89. The second-order valence-electron chi connectivity index (χ2n) is 12.4. The maximum Gasteiger partial charge on any atom is 0.427 e. The van der Waals surface area contributed by atoms with Crippen molar-refractivity contribution in [2.75, 3.05) is 4.90 Å². The Morgan fingerprint density at radius 3 is 1.76 bits per heavy atom. The number of carbonyl (C=O) groups excluding carboxylic acids is 4. The molecular formula is C29H37N5O7. The molecule has 3 rings (SSSR count). The topological polar surface area (TPSA) is 143 Å². The molecule has 2 amide bonds. The molecule has 0 atom stereocenters. The predicted octanol–water partition coefficient (Wildman–Crippen LogP) is 5.71. The van der Waals surface area contributed by atoms with Crippen molar-refractivity contribution in [3.8, 4) is 11.1 Å². The summed E-state index contributed by atoms with van der Waals surface area (Å²) in [4.78, 5) is 59.7. The number of fused-ring (bicyclic) bond motifs is 1. The lowest BCUT2D eigenvalue weighted by Crippen LogP contribution is -2.44. The van der Waals surface area contributed by atoms with E-state index in [0.29, 0.717) is 26.9 Å². The van der Waals surface area contributed by atoms with Crippen LogP contribution in [0.3, 0.4) is 0 Å². The van der Waals surface area contributed by atoms with Gasteiger partial charge in [-0.15, -0.1) is 4.90 Å². The Morgan fingerprint density at radius 2 is 1.29 bits per heavy atom. The maximum absolute atomic E-state index is 12.9. The van der Waals surface area contributed by atoms with Crippen LogP contribution in [-0.2, 0) is 25.5 Å². The molecule has 220 valence electrons. The molecule has 0 spiro atoms. The lowest BCUT2D eigenvalue weighted by molar-refractivity contribution is -0.155. The highest BCUT2D eigenvalue weighted by molar-refractivity contribution is 6.08. The monoisotopic (exact) mass is 567 g/mol. The number of nitrogens with zero attached hydrogens (tertiary/aromatic N) is 5. The van der Waals surface area contributed by atoms with Gasteiger partial charge in [-0.25, -0.2) is 19.6 Å². The minimum atomic E-state index is -0.982. The predicted molar refractivity (Wildman–Crippen MR) is 152 cm³/mol. The number of aromatic nitrogens is 4. The van der Waals surface area contributed by atoms with Crippen molar-refractivity contribution in [1.29, 1.82) is 0 Å². The van der Waals surface area contributed by atoms with E-state index >= 15 is 0 Å². The first-order chi connectivity index (χ1) is 18.7. The zero-order chi connectivity index (χ0) is 30.9. The molecule has 3 aromatic rings. The first-order valence-corrected chi connectivity index (χ1v) is 13.1. The van der Waals surface area contributed by atoms with Gasteiger partial charge in [-0.3, -0.25) is 14.3 Å². The van der Waals surface area contributed by atoms with Crippen LogP contribution in [0.1, 0.15) is 79.7 Å². The molecule has 0 saturated heterocycles. The van der Waals surface area contributed by atoms with Gasteiger partial charge in [-0.05, 0) is 80.0 Å². The van der Waals surface area contributed by atoms with Crippen LogP contribution >= 0.6 is 0 Å². The minimum Gasteiger partial charge on any atom is -0.459 e. The lowest BCUT2D eigenvalue weighted by Gasteiger charge is -2.27. The van der Waals surface area contributed by atoms with Crippen molar-refractivity contribution < 1.29 is 33.4 Å². The number of benzene rings is 1. The zero-order valence-electron chi connectivity index (χ0n) is 25.2. The standard InChI is InChI=1S/C29H37N5O7/c1-17(35)23-20-13-18(11-12-21(20)33(32-23)16-22(36)39-27(2,3)4)19-14-30-24(31-15-19)34(25(37)40-28(5,6)7)26(38)41-29(8,9)10/h11-15H,16H2,1-10H3. The molecule has 0 aliphatic rings. The number of ketones is 1. The van der Waals surface area contributed by atoms with E-state index in [9.17, 15) is 19.2 Å². The van der Waals surface area contributed by atoms with E-state index in [1.54, 1.807) is 80.5 Å². The summed E-state index contributed by atoms with van der Waals surface area (Å²) < 4.78 is 17.6. The molecule has 0 bridgehead atoms. The van der Waals surface area contributed by atoms with Crippen molar-refractivity contribution in [1.82, 2.24) is 19.7 Å². The first kappa shape index (κ1) is 31.2. The van der Waals surface area contributed by atoms with Crippen molar-refractivity contribution in [2.45, 2.75) is 92.6 Å². The summed E-state index contributed by atoms with van der Waals surface area (Å²) >= 11 is 0. The second-order valence-corrected chi connectivity index (χ2v) is 12.4. The average molecular weight is 568 g/mol. The summed E-state index contributed by atoms with van der Waals surface area (Å²) in [7, 11) is 0. The fraction of sp³-hybridized carbons (Fsp3) is 0.483. The Labute approximate surface area is 239 Å². The first-order valence-electron chi connectivity index (χ1n) is 13.1. The number of imide groups is 1. The van der Waals surface area contributed by atoms with Gasteiger partial charge in [0.05, 0.1) is 5.52 Å². The van der Waals surface area contributed by atoms with E-state index in [1.807, 2.05) is 0 Å². The van der Waals surface area contributed by atoms with Gasteiger partial charge in [0.25, 0.3) is 0 Å². The second kappa shape index (κ2) is 11.3. The molecule has 0 saturated carbocycles. The molecular weight excluding hydrogens is 530 g/mol. The summed E-state index contributed by atoms with van der Waals surface area (Å²) in [5.41, 5.74) is -0.467. The highest BCUT2D eigenvalue weighted by Crippen LogP contribution is 2.28. The van der Waals surface area contributed by atoms with Crippen LogP contribution in [0.15, 0.2) is 30.6 Å². The molecule has 2 aromatic heterocycles. The minimum absolute atomic E-state index is 0.163. The number of ether oxygens (including phenoxy) is 3. The van der Waals surface area contributed by atoms with E-state index in [4.69, 9.17) is 14.2 Å². The van der Waals surface area contributed by atoms with Crippen molar-refractivity contribution in [3.63, 3.8) is 0 Å². The highest BCUT2D eigenvalue weighted by atomic mass is 16.6. The fourth-order valence-electron chi connectivity index (χ4n) is 3.67. The van der Waals surface area contributed by atoms with Gasteiger partial charge in [0.2, 0.25) is 5.95 Å². The van der Waals surface area contributed by atoms with Crippen LogP contribution in [0.2, 0.25) is 0 Å². The highest BCUT2D eigenvalue weighted by Gasteiger charge is 2.34. The van der Waals surface area contributed by atoms with Gasteiger partial charge >= 0.3 is 18.2 Å². The molecule has 1 aromatic carbocycles. The van der Waals surface area contributed by atoms with E-state index in [0.717, 1.165) is 0 Å². The summed E-state index contributed by atoms with van der Waals surface area (Å²) in [6.45, 7) is 16.6. The van der Waals surface area contributed by atoms with Gasteiger partial charge in [-0.2, -0.15) is 5.10 Å². The van der Waals surface area contributed by atoms with Crippen LogP contribution < -0.4 is 4.90 Å². The van der Waals surface area contributed by atoms with Gasteiger partial charge in [0.1, 0.15) is 29.0 Å². The fourth-order valence-corrected chi connectivity index (χ4v) is 3.67. The Hall–Kier alpha value is -4.35. The Balaban J connectivity index is 1.98. The Bertz CT molecular complexity index is 1440. The Kier molecular flexibility index (Phi) is 8.56. The van der Waals surface area contributed by atoms with E-state index in [2.05, 4.69) is 15.1 Å². The molecule has 0 radical (unpaired) electrons. The quantitative estimate of drug-likeness (QED) is 0.213. The molecule has 2 heterocycles. The molecule has 12 nitrogen and oxygen atoms in total. The molecule has 0 unspecified atom stereocenters. The normalized spacial score (nSPS) is 12.1. The molecule has 0 aliphatic heterocycles.